The van der Waals surface area contributed by atoms with E-state index in [-0.39, 0.29) is 12.0 Å². The Bertz CT molecular complexity index is 466. The molecule has 1 fully saturated rings. The van der Waals surface area contributed by atoms with Gasteiger partial charge in [0.25, 0.3) is 0 Å². The minimum Gasteiger partial charge on any atom is -0.388 e. The predicted octanol–water partition coefficient (Wildman–Crippen LogP) is 2.79. The maximum Gasteiger partial charge on any atom is 0.224 e. The summed E-state index contributed by atoms with van der Waals surface area (Å²) in [5, 5.41) is 13.2. The highest BCUT2D eigenvalue weighted by atomic mass is 16.3. The summed E-state index contributed by atoms with van der Waals surface area (Å²) in [6.07, 6.45) is 5.58. The second kappa shape index (κ2) is 4.73. The molecule has 2 N–H and O–H groups in total. The van der Waals surface area contributed by atoms with Crippen molar-refractivity contribution in [1.82, 2.24) is 0 Å². The van der Waals surface area contributed by atoms with Gasteiger partial charge in [0.05, 0.1) is 6.10 Å². The Labute approximate surface area is 107 Å². The van der Waals surface area contributed by atoms with E-state index in [1.165, 1.54) is 6.42 Å². The SMILES string of the molecule is O=C1CCCc2cc(C(O)C3CCC3)ccc2N1. The van der Waals surface area contributed by atoms with Crippen LogP contribution in [0.2, 0.25) is 0 Å². The Kier molecular flexibility index (Phi) is 3.08. The molecule has 0 aromatic heterocycles. The van der Waals surface area contributed by atoms with Crippen LogP contribution in [0, 0.1) is 5.92 Å². The molecule has 96 valence electrons. The molecule has 1 heterocycles. The Balaban J connectivity index is 1.85. The molecular weight excluding hydrogens is 226 g/mol. The first-order valence-electron chi connectivity index (χ1n) is 6.85. The van der Waals surface area contributed by atoms with Crippen molar-refractivity contribution < 1.29 is 9.90 Å². The van der Waals surface area contributed by atoms with Crippen LogP contribution in [-0.4, -0.2) is 11.0 Å². The lowest BCUT2D eigenvalue weighted by Gasteiger charge is -2.30. The number of amides is 1. The molecule has 1 unspecified atom stereocenters. The molecular formula is C15H19NO2. The third kappa shape index (κ3) is 2.15. The highest BCUT2D eigenvalue weighted by Crippen LogP contribution is 2.38. The second-order valence-corrected chi connectivity index (χ2v) is 5.45. The summed E-state index contributed by atoms with van der Waals surface area (Å²) in [4.78, 5) is 11.5. The van der Waals surface area contributed by atoms with Crippen molar-refractivity contribution in [1.29, 1.82) is 0 Å². The normalized spacial score (nSPS) is 21.5. The minimum atomic E-state index is -0.331. The van der Waals surface area contributed by atoms with Crippen LogP contribution in [0.1, 0.15) is 49.3 Å². The predicted molar refractivity (Wildman–Crippen MR) is 70.3 cm³/mol. The highest BCUT2D eigenvalue weighted by Gasteiger charge is 2.27. The number of rotatable bonds is 2. The van der Waals surface area contributed by atoms with Gasteiger partial charge in [-0.05, 0) is 48.8 Å². The molecule has 18 heavy (non-hydrogen) atoms. The zero-order chi connectivity index (χ0) is 12.5. The van der Waals surface area contributed by atoms with Crippen LogP contribution >= 0.6 is 0 Å². The monoisotopic (exact) mass is 245 g/mol. The number of nitrogens with one attached hydrogen (secondary N) is 1. The summed E-state index contributed by atoms with van der Waals surface area (Å²) >= 11 is 0. The standard InChI is InChI=1S/C15H19NO2/c17-14-6-2-5-11-9-12(7-8-13(11)16-14)15(18)10-3-1-4-10/h7-10,15,18H,1-6H2,(H,16,17). The lowest BCUT2D eigenvalue weighted by Crippen LogP contribution is -2.20. The van der Waals surface area contributed by atoms with Crippen molar-refractivity contribution in [2.45, 2.75) is 44.6 Å². The third-order valence-corrected chi connectivity index (χ3v) is 4.19. The van der Waals surface area contributed by atoms with Crippen molar-refractivity contribution in [3.63, 3.8) is 0 Å². The largest absolute Gasteiger partial charge is 0.388 e. The summed E-state index contributed by atoms with van der Waals surface area (Å²) in [6.45, 7) is 0. The number of hydrogen-bond acceptors (Lipinski definition) is 2. The number of fused-ring (bicyclic) bond motifs is 1. The number of benzene rings is 1. The number of anilines is 1. The number of aliphatic hydroxyl groups excluding tert-OH is 1. The topological polar surface area (TPSA) is 49.3 Å². The van der Waals surface area contributed by atoms with Crippen molar-refractivity contribution in [3.8, 4) is 0 Å². The molecule has 3 rings (SSSR count). The van der Waals surface area contributed by atoms with E-state index in [4.69, 9.17) is 0 Å². The Morgan fingerprint density at radius 2 is 2.06 bits per heavy atom. The van der Waals surface area contributed by atoms with Crippen molar-refractivity contribution in [3.05, 3.63) is 29.3 Å². The van der Waals surface area contributed by atoms with Crippen LogP contribution < -0.4 is 5.32 Å². The maximum absolute atomic E-state index is 11.5. The van der Waals surface area contributed by atoms with Gasteiger partial charge in [0.1, 0.15) is 0 Å². The molecule has 1 saturated carbocycles. The van der Waals surface area contributed by atoms with E-state index in [2.05, 4.69) is 11.4 Å². The number of carbonyl (C=O) groups is 1. The molecule has 0 spiro atoms. The Morgan fingerprint density at radius 1 is 1.22 bits per heavy atom. The molecule has 3 nitrogen and oxygen atoms in total. The fourth-order valence-corrected chi connectivity index (χ4v) is 2.81. The molecule has 1 aromatic carbocycles. The lowest BCUT2D eigenvalue weighted by atomic mass is 9.78. The zero-order valence-corrected chi connectivity index (χ0v) is 10.5. The van der Waals surface area contributed by atoms with Crippen LogP contribution in [-0.2, 0) is 11.2 Å². The molecule has 1 aromatic rings. The number of aryl methyl sites for hydroxylation is 1. The first-order chi connectivity index (χ1) is 8.74. The number of carbonyl (C=O) groups excluding carboxylic acids is 1. The molecule has 1 atom stereocenters. The Morgan fingerprint density at radius 3 is 2.78 bits per heavy atom. The fourth-order valence-electron chi connectivity index (χ4n) is 2.81. The molecule has 1 amide bonds. The van der Waals surface area contributed by atoms with Gasteiger partial charge in [-0.25, -0.2) is 0 Å². The summed E-state index contributed by atoms with van der Waals surface area (Å²) in [5.74, 6) is 0.532. The summed E-state index contributed by atoms with van der Waals surface area (Å²) in [7, 11) is 0. The molecule has 1 aliphatic carbocycles. The fraction of sp³-hybridized carbons (Fsp3) is 0.533. The summed E-state index contributed by atoms with van der Waals surface area (Å²) in [6, 6.07) is 5.97. The Hall–Kier alpha value is -1.35. The first kappa shape index (κ1) is 11.7. The van der Waals surface area contributed by atoms with Gasteiger partial charge in [-0.2, -0.15) is 0 Å². The number of hydrogen-bond donors (Lipinski definition) is 2. The van der Waals surface area contributed by atoms with Crippen LogP contribution in [0.4, 0.5) is 5.69 Å². The quantitative estimate of drug-likeness (QED) is 0.841. The van der Waals surface area contributed by atoms with Gasteiger partial charge < -0.3 is 10.4 Å². The van der Waals surface area contributed by atoms with E-state index in [1.807, 2.05) is 12.1 Å². The zero-order valence-electron chi connectivity index (χ0n) is 10.5. The van der Waals surface area contributed by atoms with E-state index in [0.29, 0.717) is 12.3 Å². The van der Waals surface area contributed by atoms with Crippen LogP contribution in [0.3, 0.4) is 0 Å². The highest BCUT2D eigenvalue weighted by molar-refractivity contribution is 5.92. The third-order valence-electron chi connectivity index (χ3n) is 4.19. The van der Waals surface area contributed by atoms with Gasteiger partial charge in [0, 0.05) is 12.1 Å². The van der Waals surface area contributed by atoms with Gasteiger partial charge in [-0.1, -0.05) is 18.6 Å². The van der Waals surface area contributed by atoms with E-state index < -0.39 is 0 Å². The molecule has 0 saturated heterocycles. The summed E-state index contributed by atoms with van der Waals surface area (Å²) < 4.78 is 0. The van der Waals surface area contributed by atoms with Gasteiger partial charge >= 0.3 is 0 Å². The number of aliphatic hydroxyl groups is 1. The molecule has 0 bridgehead atoms. The van der Waals surface area contributed by atoms with Crippen LogP contribution in [0.15, 0.2) is 18.2 Å². The lowest BCUT2D eigenvalue weighted by molar-refractivity contribution is -0.116. The van der Waals surface area contributed by atoms with E-state index in [0.717, 1.165) is 42.5 Å². The van der Waals surface area contributed by atoms with E-state index in [9.17, 15) is 9.90 Å². The van der Waals surface area contributed by atoms with Crippen molar-refractivity contribution in [2.75, 3.05) is 5.32 Å². The smallest absolute Gasteiger partial charge is 0.224 e. The van der Waals surface area contributed by atoms with Gasteiger partial charge in [0.2, 0.25) is 5.91 Å². The molecule has 3 heteroatoms. The molecule has 2 aliphatic rings. The van der Waals surface area contributed by atoms with Gasteiger partial charge in [-0.15, -0.1) is 0 Å². The van der Waals surface area contributed by atoms with E-state index in [1.54, 1.807) is 0 Å². The van der Waals surface area contributed by atoms with Crippen molar-refractivity contribution >= 4 is 11.6 Å². The minimum absolute atomic E-state index is 0.0982. The molecule has 0 radical (unpaired) electrons. The summed E-state index contributed by atoms with van der Waals surface area (Å²) in [5.41, 5.74) is 3.09. The second-order valence-electron chi connectivity index (χ2n) is 5.45. The van der Waals surface area contributed by atoms with Crippen LogP contribution in [0.25, 0.3) is 0 Å². The van der Waals surface area contributed by atoms with Crippen molar-refractivity contribution in [2.24, 2.45) is 5.92 Å². The van der Waals surface area contributed by atoms with E-state index >= 15 is 0 Å². The van der Waals surface area contributed by atoms with Gasteiger partial charge in [-0.3, -0.25) is 4.79 Å². The average molecular weight is 245 g/mol. The maximum atomic E-state index is 11.5. The van der Waals surface area contributed by atoms with Gasteiger partial charge in [0.15, 0.2) is 0 Å². The average Bonchev–Trinajstić information content (AvgIpc) is 2.46. The first-order valence-corrected chi connectivity index (χ1v) is 6.85. The molecule has 1 aliphatic heterocycles. The van der Waals surface area contributed by atoms with Crippen LogP contribution in [0.5, 0.6) is 0 Å².